The van der Waals surface area contributed by atoms with Crippen LogP contribution in [0.4, 0.5) is 0 Å². The highest BCUT2D eigenvalue weighted by atomic mass is 15.2. The second-order valence-corrected chi connectivity index (χ2v) is 6.20. The van der Waals surface area contributed by atoms with E-state index in [9.17, 15) is 0 Å². The van der Waals surface area contributed by atoms with Gasteiger partial charge in [-0.25, -0.2) is 0 Å². The van der Waals surface area contributed by atoms with Crippen molar-refractivity contribution in [3.63, 3.8) is 0 Å². The summed E-state index contributed by atoms with van der Waals surface area (Å²) in [5, 5.41) is 0. The molecule has 0 spiro atoms. The lowest BCUT2D eigenvalue weighted by atomic mass is 9.80. The van der Waals surface area contributed by atoms with Gasteiger partial charge in [-0.3, -0.25) is 0 Å². The average Bonchev–Trinajstić information content (AvgIpc) is 2.44. The van der Waals surface area contributed by atoms with Crippen LogP contribution in [0.1, 0.15) is 52.6 Å². The zero-order valence-electron chi connectivity index (χ0n) is 13.2. The Morgan fingerprint density at radius 1 is 1.16 bits per heavy atom. The summed E-state index contributed by atoms with van der Waals surface area (Å²) in [5.74, 6) is 0. The largest absolute Gasteiger partial charge is 0.323 e. The lowest BCUT2D eigenvalue weighted by Gasteiger charge is -2.39. The molecule has 0 saturated heterocycles. The molecule has 2 N–H and O–H groups in total. The highest BCUT2D eigenvalue weighted by Crippen LogP contribution is 2.32. The highest BCUT2D eigenvalue weighted by molar-refractivity contribution is 5.20. The summed E-state index contributed by atoms with van der Waals surface area (Å²) in [5.41, 5.74) is 7.79. The molecule has 108 valence electrons. The average molecular weight is 262 g/mol. The summed E-state index contributed by atoms with van der Waals surface area (Å²) in [6.45, 7) is 13.4. The lowest BCUT2D eigenvalue weighted by molar-refractivity contribution is 0.121. The fourth-order valence-electron chi connectivity index (χ4n) is 2.57. The van der Waals surface area contributed by atoms with Crippen LogP contribution in [0.2, 0.25) is 0 Å². The fraction of sp³-hybridized carbons (Fsp3) is 0.647. The Hall–Kier alpha value is -0.860. The van der Waals surface area contributed by atoms with E-state index in [1.54, 1.807) is 0 Å². The molecule has 0 aliphatic heterocycles. The van der Waals surface area contributed by atoms with Crippen molar-refractivity contribution in [2.24, 2.45) is 11.1 Å². The number of rotatable bonds is 7. The first-order valence-corrected chi connectivity index (χ1v) is 7.47. The molecule has 2 atom stereocenters. The molecule has 0 radical (unpaired) electrons. The van der Waals surface area contributed by atoms with Crippen LogP contribution < -0.4 is 5.73 Å². The van der Waals surface area contributed by atoms with Gasteiger partial charge in [0, 0.05) is 18.6 Å². The second-order valence-electron chi connectivity index (χ2n) is 6.20. The Bertz CT molecular complexity index is 359. The Labute approximate surface area is 119 Å². The Morgan fingerprint density at radius 2 is 1.74 bits per heavy atom. The number of nitrogens with two attached hydrogens (primary N) is 1. The van der Waals surface area contributed by atoms with Crippen LogP contribution in [0.5, 0.6) is 0 Å². The molecule has 2 unspecified atom stereocenters. The van der Waals surface area contributed by atoms with Crippen LogP contribution in [0.25, 0.3) is 0 Å². The molecule has 0 aliphatic carbocycles. The number of benzene rings is 1. The standard InChI is InChI=1S/C17H30N2/c1-6-14(3)19(7-2)13-17(4,5)16(18)15-11-9-8-10-12-15/h8-12,14,16H,6-7,13,18H2,1-5H3. The van der Waals surface area contributed by atoms with Gasteiger partial charge in [0.2, 0.25) is 0 Å². The van der Waals surface area contributed by atoms with E-state index in [4.69, 9.17) is 5.73 Å². The SMILES string of the molecule is CCC(C)N(CC)CC(C)(C)C(N)c1ccccc1. The molecule has 1 aromatic rings. The predicted molar refractivity (Wildman–Crippen MR) is 84.2 cm³/mol. The van der Waals surface area contributed by atoms with Gasteiger partial charge in [0.25, 0.3) is 0 Å². The van der Waals surface area contributed by atoms with Crippen LogP contribution in [-0.4, -0.2) is 24.0 Å². The Balaban J connectivity index is 2.79. The van der Waals surface area contributed by atoms with Gasteiger partial charge in [-0.1, -0.05) is 58.0 Å². The Kier molecular flexibility index (Phi) is 6.02. The Morgan fingerprint density at radius 3 is 2.21 bits per heavy atom. The zero-order valence-corrected chi connectivity index (χ0v) is 13.2. The lowest BCUT2D eigenvalue weighted by Crippen LogP contribution is -2.44. The molecule has 19 heavy (non-hydrogen) atoms. The normalized spacial score (nSPS) is 15.5. The van der Waals surface area contributed by atoms with Gasteiger partial charge in [0.05, 0.1) is 0 Å². The van der Waals surface area contributed by atoms with Gasteiger partial charge >= 0.3 is 0 Å². The number of hydrogen-bond donors (Lipinski definition) is 1. The molecule has 0 saturated carbocycles. The molecular formula is C17H30N2. The van der Waals surface area contributed by atoms with Gasteiger partial charge < -0.3 is 10.6 Å². The quantitative estimate of drug-likeness (QED) is 0.809. The van der Waals surface area contributed by atoms with Gasteiger partial charge in [0.15, 0.2) is 0 Å². The highest BCUT2D eigenvalue weighted by Gasteiger charge is 2.30. The maximum atomic E-state index is 6.49. The summed E-state index contributed by atoms with van der Waals surface area (Å²) in [6, 6.07) is 11.1. The van der Waals surface area contributed by atoms with E-state index in [2.05, 4.69) is 63.8 Å². The maximum Gasteiger partial charge on any atom is 0.0359 e. The predicted octanol–water partition coefficient (Wildman–Crippen LogP) is 3.83. The van der Waals surface area contributed by atoms with Gasteiger partial charge in [-0.2, -0.15) is 0 Å². The first-order valence-electron chi connectivity index (χ1n) is 7.47. The van der Waals surface area contributed by atoms with Gasteiger partial charge in [-0.15, -0.1) is 0 Å². The van der Waals surface area contributed by atoms with Crippen LogP contribution in [-0.2, 0) is 0 Å². The molecule has 2 heteroatoms. The molecular weight excluding hydrogens is 232 g/mol. The summed E-state index contributed by atoms with van der Waals surface area (Å²) < 4.78 is 0. The number of hydrogen-bond acceptors (Lipinski definition) is 2. The number of nitrogens with zero attached hydrogens (tertiary/aromatic N) is 1. The van der Waals surface area contributed by atoms with E-state index < -0.39 is 0 Å². The van der Waals surface area contributed by atoms with Crippen molar-refractivity contribution >= 4 is 0 Å². The molecule has 0 amide bonds. The van der Waals surface area contributed by atoms with E-state index in [0.29, 0.717) is 6.04 Å². The van der Waals surface area contributed by atoms with E-state index in [-0.39, 0.29) is 11.5 Å². The van der Waals surface area contributed by atoms with Crippen molar-refractivity contribution < 1.29 is 0 Å². The monoisotopic (exact) mass is 262 g/mol. The van der Waals surface area contributed by atoms with Crippen LogP contribution in [0.3, 0.4) is 0 Å². The zero-order chi connectivity index (χ0) is 14.5. The van der Waals surface area contributed by atoms with Crippen LogP contribution in [0, 0.1) is 5.41 Å². The molecule has 1 rings (SSSR count). The van der Waals surface area contributed by atoms with Crippen LogP contribution >= 0.6 is 0 Å². The molecule has 0 heterocycles. The minimum absolute atomic E-state index is 0.0702. The fourth-order valence-corrected chi connectivity index (χ4v) is 2.57. The maximum absolute atomic E-state index is 6.49. The first-order chi connectivity index (χ1) is 8.92. The van der Waals surface area contributed by atoms with E-state index >= 15 is 0 Å². The third-order valence-electron chi connectivity index (χ3n) is 4.23. The molecule has 0 aromatic heterocycles. The van der Waals surface area contributed by atoms with Crippen molar-refractivity contribution in [3.05, 3.63) is 35.9 Å². The smallest absolute Gasteiger partial charge is 0.0359 e. The molecule has 1 aromatic carbocycles. The van der Waals surface area contributed by atoms with E-state index in [1.165, 1.54) is 12.0 Å². The van der Waals surface area contributed by atoms with Gasteiger partial charge in [-0.05, 0) is 30.9 Å². The molecule has 0 aliphatic rings. The van der Waals surface area contributed by atoms with Gasteiger partial charge in [0.1, 0.15) is 0 Å². The third kappa shape index (κ3) is 4.32. The summed E-state index contributed by atoms with van der Waals surface area (Å²) in [6.07, 6.45) is 1.19. The van der Waals surface area contributed by atoms with Crippen molar-refractivity contribution in [2.45, 2.75) is 53.1 Å². The molecule has 2 nitrogen and oxygen atoms in total. The second kappa shape index (κ2) is 7.06. The third-order valence-corrected chi connectivity index (χ3v) is 4.23. The topological polar surface area (TPSA) is 29.3 Å². The van der Waals surface area contributed by atoms with Crippen LogP contribution in [0.15, 0.2) is 30.3 Å². The molecule has 0 fully saturated rings. The van der Waals surface area contributed by atoms with Crippen molar-refractivity contribution in [1.82, 2.24) is 4.90 Å². The van der Waals surface area contributed by atoms with Crippen molar-refractivity contribution in [1.29, 1.82) is 0 Å². The minimum atomic E-state index is 0.0702. The van der Waals surface area contributed by atoms with Crippen molar-refractivity contribution in [3.8, 4) is 0 Å². The van der Waals surface area contributed by atoms with E-state index in [0.717, 1.165) is 13.1 Å². The van der Waals surface area contributed by atoms with Crippen molar-refractivity contribution in [2.75, 3.05) is 13.1 Å². The summed E-state index contributed by atoms with van der Waals surface area (Å²) in [4.78, 5) is 2.53. The summed E-state index contributed by atoms with van der Waals surface area (Å²) >= 11 is 0. The molecule has 0 bridgehead atoms. The first kappa shape index (κ1) is 16.2. The minimum Gasteiger partial charge on any atom is -0.323 e. The van der Waals surface area contributed by atoms with E-state index in [1.807, 2.05) is 6.07 Å². The summed E-state index contributed by atoms with van der Waals surface area (Å²) in [7, 11) is 0.